The van der Waals surface area contributed by atoms with Gasteiger partial charge in [0.2, 0.25) is 11.8 Å². The fourth-order valence-electron chi connectivity index (χ4n) is 5.40. The highest BCUT2D eigenvalue weighted by atomic mass is 16.5. The Morgan fingerprint density at radius 1 is 1.11 bits per heavy atom. The molecular weight excluding hydrogens is 458 g/mol. The number of allylic oxidation sites excluding steroid dienone is 1. The molecule has 4 atom stereocenters. The Labute approximate surface area is 211 Å². The number of rotatable bonds is 9. The van der Waals surface area contributed by atoms with Crippen molar-refractivity contribution in [3.8, 4) is 11.5 Å². The lowest BCUT2D eigenvalue weighted by atomic mass is 9.68. The third-order valence-electron chi connectivity index (χ3n) is 7.27. The first-order valence-electron chi connectivity index (χ1n) is 12.3. The molecule has 2 amide bonds. The van der Waals surface area contributed by atoms with Crippen LogP contribution in [0.5, 0.6) is 11.5 Å². The lowest BCUT2D eigenvalue weighted by molar-refractivity contribution is -0.138. The van der Waals surface area contributed by atoms with Gasteiger partial charge in [0.15, 0.2) is 0 Å². The molecule has 0 spiro atoms. The predicted molar refractivity (Wildman–Crippen MR) is 136 cm³/mol. The van der Waals surface area contributed by atoms with Gasteiger partial charge in [0.05, 0.1) is 24.5 Å². The number of nitrogens with zero attached hydrogens (tertiary/aromatic N) is 1. The number of hydrogen-bond donors (Lipinski definition) is 3. The van der Waals surface area contributed by atoms with Crippen LogP contribution >= 0.6 is 0 Å². The van der Waals surface area contributed by atoms with E-state index in [-0.39, 0.29) is 30.8 Å². The quantitative estimate of drug-likeness (QED) is 0.366. The molecule has 7 nitrogen and oxygen atoms in total. The number of phenols is 1. The van der Waals surface area contributed by atoms with Crippen molar-refractivity contribution in [2.75, 3.05) is 20.3 Å². The van der Waals surface area contributed by atoms with Gasteiger partial charge in [0.25, 0.3) is 0 Å². The smallest absolute Gasteiger partial charge is 0.233 e. The highest BCUT2D eigenvalue weighted by molar-refractivity contribution is 6.05. The first-order chi connectivity index (χ1) is 17.3. The van der Waals surface area contributed by atoms with Crippen LogP contribution in [0.2, 0.25) is 0 Å². The molecule has 0 saturated carbocycles. The highest BCUT2D eigenvalue weighted by Gasteiger charge is 2.53. The number of amides is 2. The summed E-state index contributed by atoms with van der Waals surface area (Å²) in [6.07, 6.45) is 2.18. The average Bonchev–Trinajstić information content (AvgIpc) is 3.10. The normalized spacial score (nSPS) is 23.2. The van der Waals surface area contributed by atoms with Crippen LogP contribution in [0.4, 0.5) is 0 Å². The summed E-state index contributed by atoms with van der Waals surface area (Å²) < 4.78 is 5.97. The van der Waals surface area contributed by atoms with Gasteiger partial charge >= 0.3 is 0 Å². The van der Waals surface area contributed by atoms with Crippen LogP contribution in [0.15, 0.2) is 71.3 Å². The summed E-state index contributed by atoms with van der Waals surface area (Å²) in [7, 11) is 1.47. The van der Waals surface area contributed by atoms with Crippen LogP contribution in [-0.4, -0.2) is 58.4 Å². The van der Waals surface area contributed by atoms with Gasteiger partial charge in [0, 0.05) is 18.5 Å². The third-order valence-corrected chi connectivity index (χ3v) is 7.27. The molecule has 1 aliphatic carbocycles. The number of benzene rings is 2. The van der Waals surface area contributed by atoms with Gasteiger partial charge in [-0.3, -0.25) is 14.5 Å². The predicted octanol–water partition coefficient (Wildman–Crippen LogP) is 3.56. The van der Waals surface area contributed by atoms with E-state index >= 15 is 0 Å². The fraction of sp³-hybridized carbons (Fsp3) is 0.379. The summed E-state index contributed by atoms with van der Waals surface area (Å²) in [5, 5.41) is 31.7. The van der Waals surface area contributed by atoms with E-state index in [0.717, 1.165) is 16.0 Å². The van der Waals surface area contributed by atoms with Crippen LogP contribution in [0.25, 0.3) is 6.08 Å². The minimum absolute atomic E-state index is 0.161. The second kappa shape index (κ2) is 11.1. The Balaban J connectivity index is 1.60. The maximum absolute atomic E-state index is 12.9. The number of likely N-dealkylation sites (tertiary alicyclic amines) is 1. The number of carbonyl (C=O) groups excluding carboxylic acids is 2. The number of ether oxygens (including phenoxy) is 1. The van der Waals surface area contributed by atoms with Crippen LogP contribution in [0, 0.1) is 17.8 Å². The zero-order valence-electron chi connectivity index (χ0n) is 20.6. The molecule has 1 aliphatic heterocycles. The van der Waals surface area contributed by atoms with E-state index in [2.05, 4.69) is 0 Å². The number of fused-ring (bicyclic) bond motifs is 1. The molecule has 2 aromatic carbocycles. The molecule has 36 heavy (non-hydrogen) atoms. The summed E-state index contributed by atoms with van der Waals surface area (Å²) in [6, 6.07) is 16.3. The standard InChI is InChI=1S/C29H33NO6/c1-18(14-19-8-6-7-11-24(19)32)12-13-25(33)26-20(17-36-21-9-4-3-5-10-21)15-22-27(23(26)16-31)29(35)30(2)28(22)34/h3-11,14,22-23,25,27,31-33H,12-13,15-17H2,1-2H3/b18-14+/t22-,23+,25-,27-/m1/s1. The molecule has 7 heteroatoms. The summed E-state index contributed by atoms with van der Waals surface area (Å²) >= 11 is 0. The van der Waals surface area contributed by atoms with Crippen molar-refractivity contribution in [1.82, 2.24) is 4.90 Å². The highest BCUT2D eigenvalue weighted by Crippen LogP contribution is 2.46. The molecule has 0 aromatic heterocycles. The molecule has 0 bridgehead atoms. The van der Waals surface area contributed by atoms with E-state index < -0.39 is 23.9 Å². The van der Waals surface area contributed by atoms with E-state index in [4.69, 9.17) is 4.74 Å². The van der Waals surface area contributed by atoms with Gasteiger partial charge in [-0.25, -0.2) is 0 Å². The van der Waals surface area contributed by atoms with E-state index in [9.17, 15) is 24.9 Å². The third kappa shape index (κ3) is 5.22. The molecule has 1 saturated heterocycles. The molecule has 4 rings (SSSR count). The van der Waals surface area contributed by atoms with Gasteiger partial charge in [0.1, 0.15) is 18.1 Å². The Morgan fingerprint density at radius 3 is 2.50 bits per heavy atom. The summed E-state index contributed by atoms with van der Waals surface area (Å²) in [5.74, 6) is -1.62. The summed E-state index contributed by atoms with van der Waals surface area (Å²) in [6.45, 7) is 1.75. The number of phenolic OH excluding ortho intramolecular Hbond substituents is 1. The largest absolute Gasteiger partial charge is 0.507 e. The lowest BCUT2D eigenvalue weighted by Crippen LogP contribution is -2.39. The molecule has 0 unspecified atom stereocenters. The van der Waals surface area contributed by atoms with Gasteiger partial charge in [-0.2, -0.15) is 0 Å². The maximum Gasteiger partial charge on any atom is 0.233 e. The van der Waals surface area contributed by atoms with Gasteiger partial charge < -0.3 is 20.1 Å². The van der Waals surface area contributed by atoms with Gasteiger partial charge in [-0.1, -0.05) is 48.0 Å². The van der Waals surface area contributed by atoms with Crippen molar-refractivity contribution in [2.45, 2.75) is 32.3 Å². The molecule has 2 aliphatic rings. The molecule has 2 aromatic rings. The van der Waals surface area contributed by atoms with Crippen molar-refractivity contribution in [3.05, 3.63) is 76.9 Å². The Morgan fingerprint density at radius 2 is 1.81 bits per heavy atom. The fourth-order valence-corrected chi connectivity index (χ4v) is 5.40. The first-order valence-corrected chi connectivity index (χ1v) is 12.3. The van der Waals surface area contributed by atoms with E-state index in [1.165, 1.54) is 7.05 Å². The Kier molecular flexibility index (Phi) is 7.91. The molecular formula is C29H33NO6. The molecule has 0 radical (unpaired) electrons. The van der Waals surface area contributed by atoms with Crippen molar-refractivity contribution in [3.63, 3.8) is 0 Å². The van der Waals surface area contributed by atoms with Crippen molar-refractivity contribution >= 4 is 17.9 Å². The van der Waals surface area contributed by atoms with E-state index in [1.54, 1.807) is 12.1 Å². The first kappa shape index (κ1) is 25.7. The number of aliphatic hydroxyl groups excluding tert-OH is 2. The number of aliphatic hydroxyl groups is 2. The molecule has 190 valence electrons. The number of aromatic hydroxyl groups is 1. The monoisotopic (exact) mass is 491 g/mol. The summed E-state index contributed by atoms with van der Waals surface area (Å²) in [4.78, 5) is 26.8. The minimum atomic E-state index is -0.918. The second-order valence-corrected chi connectivity index (χ2v) is 9.63. The zero-order valence-corrected chi connectivity index (χ0v) is 20.6. The van der Waals surface area contributed by atoms with E-state index in [0.29, 0.717) is 36.1 Å². The van der Waals surface area contributed by atoms with Crippen LogP contribution in [0.1, 0.15) is 31.7 Å². The van der Waals surface area contributed by atoms with Crippen LogP contribution < -0.4 is 4.74 Å². The van der Waals surface area contributed by atoms with Crippen molar-refractivity contribution in [2.24, 2.45) is 17.8 Å². The second-order valence-electron chi connectivity index (χ2n) is 9.63. The number of para-hydroxylation sites is 2. The zero-order chi connectivity index (χ0) is 25.8. The van der Waals surface area contributed by atoms with E-state index in [1.807, 2.05) is 55.5 Å². The summed E-state index contributed by atoms with van der Waals surface area (Å²) in [5.41, 5.74) is 3.03. The van der Waals surface area contributed by atoms with Gasteiger partial charge in [-0.05, 0) is 55.5 Å². The number of imide groups is 1. The minimum Gasteiger partial charge on any atom is -0.507 e. The topological polar surface area (TPSA) is 107 Å². The Hall–Kier alpha value is -3.42. The van der Waals surface area contributed by atoms with Gasteiger partial charge in [-0.15, -0.1) is 0 Å². The van der Waals surface area contributed by atoms with Crippen molar-refractivity contribution in [1.29, 1.82) is 0 Å². The lowest BCUT2D eigenvalue weighted by Gasteiger charge is -2.36. The molecule has 3 N–H and O–H groups in total. The number of carbonyl (C=O) groups is 2. The van der Waals surface area contributed by atoms with Crippen LogP contribution in [-0.2, 0) is 9.59 Å². The molecule has 1 fully saturated rings. The SMILES string of the molecule is C/C(=C\c1ccccc1O)CC[C@@H](O)C1=C(COc2ccccc2)C[C@H]2C(=O)N(C)C(=O)[C@H]2[C@H]1CO. The number of hydrogen-bond acceptors (Lipinski definition) is 6. The van der Waals surface area contributed by atoms with Crippen molar-refractivity contribution < 1.29 is 29.6 Å². The average molecular weight is 492 g/mol. The maximum atomic E-state index is 12.9. The van der Waals surface area contributed by atoms with Crippen LogP contribution in [0.3, 0.4) is 0 Å². The Bertz CT molecular complexity index is 1170. The molecule has 1 heterocycles.